The van der Waals surface area contributed by atoms with Gasteiger partial charge in [-0.15, -0.1) is 0 Å². The van der Waals surface area contributed by atoms with Crippen molar-refractivity contribution in [2.45, 2.75) is 344 Å². The largest absolute Gasteiger partial charge is 0.394 e. The zero-order valence-electron chi connectivity index (χ0n) is 52.9. The lowest BCUT2D eigenvalue weighted by molar-refractivity contribution is -0.359. The molecule has 2 heterocycles. The molecule has 0 bridgehead atoms. The number of aliphatic hydroxyl groups is 8. The van der Waals surface area contributed by atoms with Crippen molar-refractivity contribution < 1.29 is 64.6 Å². The number of rotatable bonds is 55. The summed E-state index contributed by atoms with van der Waals surface area (Å²) in [4.78, 5) is 13.3. The van der Waals surface area contributed by atoms with Crippen LogP contribution >= 0.6 is 0 Å². The topological polar surface area (TPSA) is 228 Å². The Hall–Kier alpha value is -2.57. The third-order valence-electron chi connectivity index (χ3n) is 16.3. The zero-order valence-corrected chi connectivity index (χ0v) is 52.9. The molecule has 0 aromatic carbocycles. The van der Waals surface area contributed by atoms with Crippen molar-refractivity contribution in [3.05, 3.63) is 72.9 Å². The summed E-state index contributed by atoms with van der Waals surface area (Å²) in [6.45, 7) is 2.78. The van der Waals surface area contributed by atoms with E-state index in [0.29, 0.717) is 12.8 Å². The first kappa shape index (κ1) is 77.5. The fourth-order valence-electron chi connectivity index (χ4n) is 10.9. The normalized spacial score (nSPS) is 24.1. The average Bonchev–Trinajstić information content (AvgIpc) is 3.18. The smallest absolute Gasteiger partial charge is 0.220 e. The van der Waals surface area contributed by atoms with Crippen molar-refractivity contribution in [2.75, 3.05) is 19.8 Å². The van der Waals surface area contributed by atoms with Gasteiger partial charge in [0, 0.05) is 6.42 Å². The van der Waals surface area contributed by atoms with Gasteiger partial charge in [-0.25, -0.2) is 0 Å². The second kappa shape index (κ2) is 54.6. The summed E-state index contributed by atoms with van der Waals surface area (Å²) < 4.78 is 22.8. The molecule has 488 valence electrons. The molecule has 0 spiro atoms. The van der Waals surface area contributed by atoms with Crippen molar-refractivity contribution in [3.63, 3.8) is 0 Å². The monoisotopic (exact) mass is 1190 g/mol. The zero-order chi connectivity index (χ0) is 60.9. The van der Waals surface area contributed by atoms with Crippen LogP contribution in [-0.4, -0.2) is 140 Å². The highest BCUT2D eigenvalue weighted by Gasteiger charge is 2.51. The molecule has 2 aliphatic heterocycles. The quantitative estimate of drug-likeness (QED) is 0.0204. The molecule has 12 unspecified atom stereocenters. The van der Waals surface area contributed by atoms with Gasteiger partial charge in [0.15, 0.2) is 12.6 Å². The maximum Gasteiger partial charge on any atom is 0.220 e. The number of unbranched alkanes of at least 4 members (excludes halogenated alkanes) is 32. The van der Waals surface area contributed by atoms with Gasteiger partial charge in [0.1, 0.15) is 48.8 Å². The summed E-state index contributed by atoms with van der Waals surface area (Å²) in [5.41, 5.74) is 0. The Kier molecular flexibility index (Phi) is 50.4. The molecule has 0 radical (unpaired) electrons. The summed E-state index contributed by atoms with van der Waals surface area (Å²) in [6, 6.07) is -0.947. The Labute approximate surface area is 510 Å². The molecule has 12 atom stereocenters. The summed E-state index contributed by atoms with van der Waals surface area (Å²) in [7, 11) is 0. The predicted octanol–water partition coefficient (Wildman–Crippen LogP) is 13.5. The second-order valence-corrected chi connectivity index (χ2v) is 23.9. The number of ether oxygens (including phenoxy) is 4. The van der Waals surface area contributed by atoms with Crippen molar-refractivity contribution in [1.82, 2.24) is 5.32 Å². The molecular weight excluding hydrogens is 1060 g/mol. The maximum atomic E-state index is 13.3. The molecule has 0 aromatic rings. The minimum atomic E-state index is -1.80. The van der Waals surface area contributed by atoms with Crippen LogP contribution in [0.25, 0.3) is 0 Å². The van der Waals surface area contributed by atoms with E-state index in [1.165, 1.54) is 167 Å². The first-order valence-electron chi connectivity index (χ1n) is 34.2. The Balaban J connectivity index is 1.74. The van der Waals surface area contributed by atoms with Gasteiger partial charge in [-0.05, 0) is 83.5 Å². The van der Waals surface area contributed by atoms with Crippen molar-refractivity contribution in [3.8, 4) is 0 Å². The molecular formula is C70H125NO13. The average molecular weight is 1190 g/mol. The molecule has 1 amide bonds. The molecule has 2 aliphatic rings. The summed E-state index contributed by atoms with van der Waals surface area (Å²) >= 11 is 0. The molecule has 2 saturated heterocycles. The van der Waals surface area contributed by atoms with Crippen LogP contribution in [0.1, 0.15) is 271 Å². The molecule has 2 rings (SSSR count). The first-order valence-corrected chi connectivity index (χ1v) is 34.2. The number of aliphatic hydroxyl groups excluding tert-OH is 8. The molecule has 2 fully saturated rings. The van der Waals surface area contributed by atoms with Gasteiger partial charge >= 0.3 is 0 Å². The van der Waals surface area contributed by atoms with Crippen LogP contribution in [0.2, 0.25) is 0 Å². The van der Waals surface area contributed by atoms with Crippen LogP contribution < -0.4 is 5.32 Å². The summed E-state index contributed by atoms with van der Waals surface area (Å²) in [6.07, 6.45) is 56.6. The van der Waals surface area contributed by atoms with Gasteiger partial charge in [0.25, 0.3) is 0 Å². The molecule has 0 aliphatic carbocycles. The van der Waals surface area contributed by atoms with Crippen molar-refractivity contribution in [1.29, 1.82) is 0 Å². The second-order valence-electron chi connectivity index (χ2n) is 23.9. The number of carbonyl (C=O) groups excluding carboxylic acids is 1. The Morgan fingerprint density at radius 2 is 0.798 bits per heavy atom. The molecule has 84 heavy (non-hydrogen) atoms. The summed E-state index contributed by atoms with van der Waals surface area (Å²) in [5, 5.41) is 87.3. The van der Waals surface area contributed by atoms with Gasteiger partial charge < -0.3 is 65.1 Å². The third kappa shape index (κ3) is 38.7. The highest BCUT2D eigenvalue weighted by Crippen LogP contribution is 2.30. The minimum Gasteiger partial charge on any atom is -0.394 e. The minimum absolute atomic E-state index is 0.259. The number of nitrogens with one attached hydrogen (secondary N) is 1. The van der Waals surface area contributed by atoms with Crippen LogP contribution in [0.15, 0.2) is 72.9 Å². The predicted molar refractivity (Wildman–Crippen MR) is 341 cm³/mol. The van der Waals surface area contributed by atoms with Crippen molar-refractivity contribution in [2.24, 2.45) is 0 Å². The Bertz CT molecular complexity index is 1690. The number of carbonyl (C=O) groups is 1. The van der Waals surface area contributed by atoms with E-state index in [1.54, 1.807) is 6.08 Å². The highest BCUT2D eigenvalue weighted by molar-refractivity contribution is 5.76. The van der Waals surface area contributed by atoms with Crippen LogP contribution in [0, 0.1) is 0 Å². The van der Waals surface area contributed by atoms with Gasteiger partial charge in [0.05, 0.1) is 32.0 Å². The summed E-state index contributed by atoms with van der Waals surface area (Å²) in [5.74, 6) is -0.261. The Morgan fingerprint density at radius 1 is 0.429 bits per heavy atom. The van der Waals surface area contributed by atoms with Crippen LogP contribution in [-0.2, 0) is 23.7 Å². The van der Waals surface area contributed by atoms with Gasteiger partial charge in [-0.3, -0.25) is 4.79 Å². The van der Waals surface area contributed by atoms with E-state index in [9.17, 15) is 45.6 Å². The van der Waals surface area contributed by atoms with Crippen molar-refractivity contribution >= 4 is 5.91 Å². The fraction of sp³-hybridized carbons (Fsp3) is 0.814. The number of allylic oxidation sites excluding steroid dienone is 11. The molecule has 0 aromatic heterocycles. The Morgan fingerprint density at radius 3 is 1.25 bits per heavy atom. The maximum absolute atomic E-state index is 13.3. The lowest BCUT2D eigenvalue weighted by atomic mass is 9.97. The lowest BCUT2D eigenvalue weighted by Gasteiger charge is -2.46. The van der Waals surface area contributed by atoms with Gasteiger partial charge in [-0.2, -0.15) is 0 Å². The highest BCUT2D eigenvalue weighted by atomic mass is 16.7. The third-order valence-corrected chi connectivity index (χ3v) is 16.3. The van der Waals surface area contributed by atoms with E-state index in [1.807, 2.05) is 6.08 Å². The molecule has 14 nitrogen and oxygen atoms in total. The number of hydrogen-bond donors (Lipinski definition) is 9. The fourth-order valence-corrected chi connectivity index (χ4v) is 10.9. The number of amides is 1. The lowest BCUT2D eigenvalue weighted by Crippen LogP contribution is -2.65. The van der Waals surface area contributed by atoms with Gasteiger partial charge in [-0.1, -0.05) is 254 Å². The number of hydrogen-bond acceptors (Lipinski definition) is 13. The standard InChI is InChI=1S/C70H125NO13/c1-3-5-7-9-11-13-15-17-19-21-23-25-27-28-29-30-32-33-35-37-39-41-43-45-47-49-51-53-59(74)58(57-81-69-67(80)65(78)68(61(56-73)83-69)84-70-66(79)64(77)63(76)60(55-72)82-70)71-62(75)54-52-50-48-46-44-42-40-38-36-34-31-26-24-22-20-18-16-14-12-10-8-6-4-2/h16,18,22,24,31,34-35,37,43,45,51,53,58-61,63-70,72-74,76-80H,3-15,17,19-21,23,25-30,32-33,36,38-42,44,46-50,52,54-57H2,1-2H3,(H,71,75)/b18-16-,24-22-,34-31-,37-35+,45-43+,53-51+. The van der Waals surface area contributed by atoms with E-state index in [4.69, 9.17) is 18.9 Å². The molecule has 0 saturated carbocycles. The van der Waals surface area contributed by atoms with E-state index < -0.39 is 86.8 Å². The van der Waals surface area contributed by atoms with E-state index in [2.05, 4.69) is 79.9 Å². The molecule has 14 heteroatoms. The molecule has 9 N–H and O–H groups in total. The first-order chi connectivity index (χ1) is 41.1. The van der Waals surface area contributed by atoms with Crippen LogP contribution in [0.3, 0.4) is 0 Å². The van der Waals surface area contributed by atoms with Crippen LogP contribution in [0.4, 0.5) is 0 Å². The van der Waals surface area contributed by atoms with Gasteiger partial charge in [0.2, 0.25) is 5.91 Å². The van der Waals surface area contributed by atoms with E-state index in [0.717, 1.165) is 70.6 Å². The SMILES string of the molecule is CCCCCCC/C=C\C/C=C\C/C=C\CCCCCCCCCCC(=O)NC(COC1OC(CO)C(OC2OC(CO)C(O)C(O)C2O)C(O)C1O)C(O)/C=C/CC/C=C/CC/C=C/CCCCCCCCCCCCCCCCCCC. The van der Waals surface area contributed by atoms with E-state index >= 15 is 0 Å². The van der Waals surface area contributed by atoms with E-state index in [-0.39, 0.29) is 18.9 Å². The van der Waals surface area contributed by atoms with Crippen LogP contribution in [0.5, 0.6) is 0 Å².